The molecule has 1 aromatic carbocycles. The van der Waals surface area contributed by atoms with Crippen molar-refractivity contribution >= 4 is 35.0 Å². The smallest absolute Gasteiger partial charge is 0.237 e. The van der Waals surface area contributed by atoms with Gasteiger partial charge in [-0.1, -0.05) is 30.0 Å². The Morgan fingerprint density at radius 3 is 2.74 bits per heavy atom. The van der Waals surface area contributed by atoms with Crippen molar-refractivity contribution in [3.63, 3.8) is 0 Å². The van der Waals surface area contributed by atoms with Crippen molar-refractivity contribution in [3.05, 3.63) is 35.9 Å². The molecule has 6 nitrogen and oxygen atoms in total. The summed E-state index contributed by atoms with van der Waals surface area (Å²) < 4.78 is 0. The summed E-state index contributed by atoms with van der Waals surface area (Å²) in [5, 5.41) is 0.425. The molecule has 1 unspecified atom stereocenters. The summed E-state index contributed by atoms with van der Waals surface area (Å²) >= 11 is 1.25. The maximum atomic E-state index is 12.7. The highest BCUT2D eigenvalue weighted by Crippen LogP contribution is 2.31. The molecule has 23 heavy (non-hydrogen) atoms. The summed E-state index contributed by atoms with van der Waals surface area (Å²) in [6, 6.07) is 9.74. The van der Waals surface area contributed by atoms with E-state index in [4.69, 9.17) is 11.5 Å². The molecule has 0 spiro atoms. The van der Waals surface area contributed by atoms with Crippen molar-refractivity contribution in [3.8, 4) is 0 Å². The van der Waals surface area contributed by atoms with E-state index in [1.165, 1.54) is 23.4 Å². The van der Waals surface area contributed by atoms with Gasteiger partial charge in [-0.3, -0.25) is 4.79 Å². The van der Waals surface area contributed by atoms with Crippen molar-refractivity contribution in [2.75, 3.05) is 22.1 Å². The highest BCUT2D eigenvalue weighted by Gasteiger charge is 2.27. The van der Waals surface area contributed by atoms with E-state index in [0.29, 0.717) is 16.8 Å². The largest absolute Gasteiger partial charge is 0.383 e. The first-order valence-electron chi connectivity index (χ1n) is 7.47. The number of benzene rings is 1. The van der Waals surface area contributed by atoms with Gasteiger partial charge in [-0.15, -0.1) is 0 Å². The molecule has 0 aliphatic carbocycles. The molecule has 3 rings (SSSR count). The number of hydrogen-bond acceptors (Lipinski definition) is 6. The number of aromatic nitrogens is 2. The Morgan fingerprint density at radius 1 is 1.30 bits per heavy atom. The van der Waals surface area contributed by atoms with E-state index in [2.05, 4.69) is 23.0 Å². The lowest BCUT2D eigenvalue weighted by Gasteiger charge is -2.35. The summed E-state index contributed by atoms with van der Waals surface area (Å²) in [6.45, 7) is 2.08. The maximum Gasteiger partial charge on any atom is 0.237 e. The predicted molar refractivity (Wildman–Crippen MR) is 93.3 cm³/mol. The Hall–Kier alpha value is -2.28. The van der Waals surface area contributed by atoms with Crippen molar-refractivity contribution in [2.24, 2.45) is 0 Å². The number of carbonyl (C=O) groups excluding carboxylic acids is 1. The second-order valence-electron chi connectivity index (χ2n) is 5.57. The Labute approximate surface area is 139 Å². The molecule has 0 saturated heterocycles. The van der Waals surface area contributed by atoms with Gasteiger partial charge in [-0.2, -0.15) is 0 Å². The minimum atomic E-state index is 0.0410. The number of nitrogens with zero attached hydrogens (tertiary/aromatic N) is 3. The third-order valence-electron chi connectivity index (χ3n) is 3.86. The molecule has 1 amide bonds. The average molecular weight is 329 g/mol. The molecule has 7 heteroatoms. The Balaban J connectivity index is 1.75. The summed E-state index contributed by atoms with van der Waals surface area (Å²) in [6.07, 6.45) is 1.97. The first kappa shape index (κ1) is 15.6. The van der Waals surface area contributed by atoms with Crippen LogP contribution in [0.5, 0.6) is 0 Å². The maximum absolute atomic E-state index is 12.7. The third-order valence-corrected chi connectivity index (χ3v) is 4.69. The van der Waals surface area contributed by atoms with Gasteiger partial charge in [0.15, 0.2) is 5.16 Å². The molecule has 2 aromatic rings. The van der Waals surface area contributed by atoms with E-state index in [1.54, 1.807) is 0 Å². The zero-order chi connectivity index (χ0) is 16.4. The number of rotatable bonds is 3. The lowest BCUT2D eigenvalue weighted by molar-refractivity contribution is -0.116. The fourth-order valence-corrected chi connectivity index (χ4v) is 3.52. The van der Waals surface area contributed by atoms with Gasteiger partial charge in [0, 0.05) is 17.8 Å². The summed E-state index contributed by atoms with van der Waals surface area (Å²) in [5.41, 5.74) is 13.5. The molecule has 0 fully saturated rings. The van der Waals surface area contributed by atoms with Crippen LogP contribution in [0.2, 0.25) is 0 Å². The first-order chi connectivity index (χ1) is 11.0. The van der Waals surface area contributed by atoms with Gasteiger partial charge in [-0.05, 0) is 31.4 Å². The number of carbonyl (C=O) groups is 1. The van der Waals surface area contributed by atoms with Crippen molar-refractivity contribution < 1.29 is 4.79 Å². The number of anilines is 3. The second kappa shape index (κ2) is 6.45. The first-order valence-corrected chi connectivity index (χ1v) is 8.46. The number of fused-ring (bicyclic) bond motifs is 1. The molecular weight excluding hydrogens is 310 g/mol. The monoisotopic (exact) mass is 329 g/mol. The number of amides is 1. The summed E-state index contributed by atoms with van der Waals surface area (Å²) in [5.74, 6) is 0.911. The molecule has 1 aromatic heterocycles. The molecule has 1 aliphatic rings. The summed E-state index contributed by atoms with van der Waals surface area (Å²) in [7, 11) is 0. The van der Waals surface area contributed by atoms with E-state index >= 15 is 0 Å². The van der Waals surface area contributed by atoms with Crippen LogP contribution in [0.3, 0.4) is 0 Å². The molecule has 1 atom stereocenters. The van der Waals surface area contributed by atoms with E-state index in [-0.39, 0.29) is 17.7 Å². The van der Waals surface area contributed by atoms with Gasteiger partial charge >= 0.3 is 0 Å². The quantitative estimate of drug-likeness (QED) is 0.661. The highest BCUT2D eigenvalue weighted by molar-refractivity contribution is 7.99. The molecule has 0 bridgehead atoms. The number of nitrogens with two attached hydrogens (primary N) is 2. The Kier molecular flexibility index (Phi) is 4.38. The molecular formula is C16H19N5OS. The minimum Gasteiger partial charge on any atom is -0.383 e. The zero-order valence-electron chi connectivity index (χ0n) is 12.9. The van der Waals surface area contributed by atoms with E-state index in [1.807, 2.05) is 23.1 Å². The highest BCUT2D eigenvalue weighted by atomic mass is 32.2. The summed E-state index contributed by atoms with van der Waals surface area (Å²) in [4.78, 5) is 22.8. The van der Waals surface area contributed by atoms with Crippen LogP contribution in [0.25, 0.3) is 0 Å². The number of hydrogen-bond donors (Lipinski definition) is 2. The van der Waals surface area contributed by atoms with Crippen molar-refractivity contribution in [1.29, 1.82) is 0 Å². The van der Waals surface area contributed by atoms with Gasteiger partial charge in [0.25, 0.3) is 0 Å². The van der Waals surface area contributed by atoms with Gasteiger partial charge in [-0.25, -0.2) is 9.97 Å². The van der Waals surface area contributed by atoms with Gasteiger partial charge in [0.2, 0.25) is 5.91 Å². The third kappa shape index (κ3) is 3.39. The Bertz CT molecular complexity index is 716. The predicted octanol–water partition coefficient (Wildman–Crippen LogP) is 2.10. The van der Waals surface area contributed by atoms with E-state index in [9.17, 15) is 4.79 Å². The van der Waals surface area contributed by atoms with Crippen LogP contribution in [0.15, 0.2) is 35.5 Å². The van der Waals surface area contributed by atoms with Crippen LogP contribution in [0.1, 0.15) is 18.9 Å². The SMILES string of the molecule is CC1CCc2ccccc2N1C(=O)CSc1nc(N)cc(N)n1. The van der Waals surface area contributed by atoms with Crippen LogP contribution in [0, 0.1) is 0 Å². The van der Waals surface area contributed by atoms with Crippen molar-refractivity contribution in [2.45, 2.75) is 31.0 Å². The van der Waals surface area contributed by atoms with Crippen LogP contribution >= 0.6 is 11.8 Å². The molecule has 2 heterocycles. The molecule has 0 radical (unpaired) electrons. The lowest BCUT2D eigenvalue weighted by atomic mass is 9.97. The average Bonchev–Trinajstić information content (AvgIpc) is 2.51. The van der Waals surface area contributed by atoms with Crippen molar-refractivity contribution in [1.82, 2.24) is 9.97 Å². The number of para-hydroxylation sites is 1. The van der Waals surface area contributed by atoms with E-state index in [0.717, 1.165) is 18.5 Å². The van der Waals surface area contributed by atoms with Gasteiger partial charge in [0.05, 0.1) is 5.75 Å². The molecule has 1 aliphatic heterocycles. The lowest BCUT2D eigenvalue weighted by Crippen LogP contribution is -2.43. The number of aryl methyl sites for hydroxylation is 1. The molecule has 120 valence electrons. The second-order valence-corrected chi connectivity index (χ2v) is 6.51. The van der Waals surface area contributed by atoms with Crippen LogP contribution in [-0.2, 0) is 11.2 Å². The topological polar surface area (TPSA) is 98.1 Å². The Morgan fingerprint density at radius 2 is 2.00 bits per heavy atom. The molecule has 4 N–H and O–H groups in total. The molecule has 0 saturated carbocycles. The fraction of sp³-hybridized carbons (Fsp3) is 0.312. The number of thioether (sulfide) groups is 1. The fourth-order valence-electron chi connectivity index (χ4n) is 2.79. The zero-order valence-corrected chi connectivity index (χ0v) is 13.7. The van der Waals surface area contributed by atoms with Gasteiger partial charge in [0.1, 0.15) is 11.6 Å². The van der Waals surface area contributed by atoms with E-state index < -0.39 is 0 Å². The standard InChI is InChI=1S/C16H19N5OS/c1-10-6-7-11-4-2-3-5-12(11)21(10)15(22)9-23-16-19-13(17)8-14(18)20-16/h2-5,8,10H,6-7,9H2,1H3,(H4,17,18,19,20). The number of nitrogen functional groups attached to an aromatic ring is 2. The van der Waals surface area contributed by atoms with Crippen LogP contribution < -0.4 is 16.4 Å². The normalized spacial score (nSPS) is 16.9. The minimum absolute atomic E-state index is 0.0410. The van der Waals surface area contributed by atoms with Gasteiger partial charge < -0.3 is 16.4 Å². The van der Waals surface area contributed by atoms with Crippen LogP contribution in [0.4, 0.5) is 17.3 Å². The van der Waals surface area contributed by atoms with Crippen LogP contribution in [-0.4, -0.2) is 27.7 Å².